The van der Waals surface area contributed by atoms with Gasteiger partial charge in [-0.2, -0.15) is 0 Å². The molecular formula is C12H26N4O. The van der Waals surface area contributed by atoms with E-state index in [0.717, 1.165) is 0 Å². The predicted molar refractivity (Wildman–Crippen MR) is 70.7 cm³/mol. The number of hydrazine groups is 1. The average molecular weight is 242 g/mol. The van der Waals surface area contributed by atoms with E-state index in [1.165, 1.54) is 32.1 Å². The van der Waals surface area contributed by atoms with Crippen LogP contribution in [0.3, 0.4) is 0 Å². The topological polar surface area (TPSA) is 71.7 Å². The number of rotatable bonds is 5. The van der Waals surface area contributed by atoms with Crippen molar-refractivity contribution in [1.29, 1.82) is 0 Å². The molecule has 0 aromatic rings. The van der Waals surface area contributed by atoms with E-state index < -0.39 is 0 Å². The molecule has 0 aliphatic heterocycles. The molecule has 0 radical (unpaired) electrons. The highest BCUT2D eigenvalue weighted by Crippen LogP contribution is 2.19. The van der Waals surface area contributed by atoms with Gasteiger partial charge in [0.25, 0.3) is 0 Å². The maximum Gasteiger partial charge on any atom is 0.206 e. The zero-order valence-corrected chi connectivity index (χ0v) is 11.0. The fourth-order valence-corrected chi connectivity index (χ4v) is 2.02. The number of nitrogens with zero attached hydrogens (tertiary/aromatic N) is 1. The Labute approximate surface area is 104 Å². The SMILES string of the molecule is CC(C)NC(=NCCOC1CCCCC1)NN. The minimum atomic E-state index is 0.323. The molecule has 4 N–H and O–H groups in total. The molecule has 0 atom stereocenters. The van der Waals surface area contributed by atoms with Crippen LogP contribution in [0.2, 0.25) is 0 Å². The highest BCUT2D eigenvalue weighted by Gasteiger charge is 2.12. The zero-order valence-electron chi connectivity index (χ0n) is 11.0. The molecule has 1 aliphatic rings. The number of ether oxygens (including phenoxy) is 1. The van der Waals surface area contributed by atoms with Crippen molar-refractivity contribution in [1.82, 2.24) is 10.7 Å². The Hall–Kier alpha value is -0.810. The summed E-state index contributed by atoms with van der Waals surface area (Å²) >= 11 is 0. The van der Waals surface area contributed by atoms with Crippen LogP contribution in [-0.4, -0.2) is 31.3 Å². The Balaban J connectivity index is 2.13. The molecule has 0 spiro atoms. The number of hydrogen-bond donors (Lipinski definition) is 3. The van der Waals surface area contributed by atoms with E-state index in [1.807, 2.05) is 13.8 Å². The summed E-state index contributed by atoms with van der Waals surface area (Å²) in [7, 11) is 0. The molecule has 1 saturated carbocycles. The van der Waals surface area contributed by atoms with E-state index in [0.29, 0.717) is 31.3 Å². The molecule has 0 saturated heterocycles. The van der Waals surface area contributed by atoms with Gasteiger partial charge in [0, 0.05) is 6.04 Å². The number of guanidine groups is 1. The van der Waals surface area contributed by atoms with Gasteiger partial charge in [0.05, 0.1) is 19.3 Å². The van der Waals surface area contributed by atoms with E-state index in [-0.39, 0.29) is 0 Å². The lowest BCUT2D eigenvalue weighted by Crippen LogP contribution is -2.44. The number of hydrogen-bond acceptors (Lipinski definition) is 3. The van der Waals surface area contributed by atoms with Crippen molar-refractivity contribution in [2.24, 2.45) is 10.8 Å². The second kappa shape index (κ2) is 8.31. The number of nitrogens with two attached hydrogens (primary N) is 1. The van der Waals surface area contributed by atoms with Crippen molar-refractivity contribution >= 4 is 5.96 Å². The molecule has 5 nitrogen and oxygen atoms in total. The molecule has 0 bridgehead atoms. The summed E-state index contributed by atoms with van der Waals surface area (Å²) in [5.74, 6) is 5.99. The maximum absolute atomic E-state index is 5.78. The average Bonchev–Trinajstić information content (AvgIpc) is 2.34. The Morgan fingerprint density at radius 3 is 2.65 bits per heavy atom. The number of aliphatic imine (C=N–C) groups is 1. The van der Waals surface area contributed by atoms with Crippen LogP contribution < -0.4 is 16.6 Å². The molecule has 5 heteroatoms. The van der Waals surface area contributed by atoms with Gasteiger partial charge in [-0.15, -0.1) is 0 Å². The molecule has 0 aromatic carbocycles. The minimum Gasteiger partial charge on any atom is -0.376 e. The third-order valence-electron chi connectivity index (χ3n) is 2.83. The Bertz CT molecular complexity index is 225. The van der Waals surface area contributed by atoms with Crippen molar-refractivity contribution in [3.05, 3.63) is 0 Å². The minimum absolute atomic E-state index is 0.323. The largest absolute Gasteiger partial charge is 0.376 e. The highest BCUT2D eigenvalue weighted by atomic mass is 16.5. The molecule has 1 fully saturated rings. The lowest BCUT2D eigenvalue weighted by atomic mass is 9.98. The molecular weight excluding hydrogens is 216 g/mol. The van der Waals surface area contributed by atoms with E-state index in [2.05, 4.69) is 15.7 Å². The lowest BCUT2D eigenvalue weighted by Gasteiger charge is -2.21. The van der Waals surface area contributed by atoms with Gasteiger partial charge < -0.3 is 10.1 Å². The van der Waals surface area contributed by atoms with Crippen LogP contribution >= 0.6 is 0 Å². The first-order valence-electron chi connectivity index (χ1n) is 6.61. The maximum atomic E-state index is 5.78. The molecule has 0 heterocycles. The standard InChI is InChI=1S/C12H26N4O/c1-10(2)15-12(16-13)14-8-9-17-11-6-4-3-5-7-11/h10-11H,3-9,13H2,1-2H3,(H2,14,15,16). The van der Waals surface area contributed by atoms with Gasteiger partial charge in [-0.05, 0) is 26.7 Å². The Kier molecular flexibility index (Phi) is 6.96. The van der Waals surface area contributed by atoms with Gasteiger partial charge in [0.1, 0.15) is 0 Å². The molecule has 0 unspecified atom stereocenters. The first-order chi connectivity index (χ1) is 8.22. The van der Waals surface area contributed by atoms with Crippen molar-refractivity contribution in [3.63, 3.8) is 0 Å². The van der Waals surface area contributed by atoms with E-state index in [1.54, 1.807) is 0 Å². The summed E-state index contributed by atoms with van der Waals surface area (Å²) in [5.41, 5.74) is 2.56. The van der Waals surface area contributed by atoms with E-state index in [9.17, 15) is 0 Å². The first-order valence-corrected chi connectivity index (χ1v) is 6.61. The van der Waals surface area contributed by atoms with Crippen molar-refractivity contribution in [2.45, 2.75) is 58.1 Å². The van der Waals surface area contributed by atoms with Gasteiger partial charge in [0.15, 0.2) is 0 Å². The van der Waals surface area contributed by atoms with Crippen molar-refractivity contribution < 1.29 is 4.74 Å². The smallest absolute Gasteiger partial charge is 0.206 e. The fraction of sp³-hybridized carbons (Fsp3) is 0.917. The second-order valence-electron chi connectivity index (χ2n) is 4.80. The van der Waals surface area contributed by atoms with Crippen LogP contribution in [0.25, 0.3) is 0 Å². The van der Waals surface area contributed by atoms with Crippen molar-refractivity contribution in [2.75, 3.05) is 13.2 Å². The first kappa shape index (κ1) is 14.3. The fourth-order valence-electron chi connectivity index (χ4n) is 2.02. The van der Waals surface area contributed by atoms with E-state index in [4.69, 9.17) is 10.6 Å². The van der Waals surface area contributed by atoms with Gasteiger partial charge in [-0.3, -0.25) is 5.43 Å². The summed E-state index contributed by atoms with van der Waals surface area (Å²) in [6.07, 6.45) is 6.83. The Morgan fingerprint density at radius 2 is 2.06 bits per heavy atom. The van der Waals surface area contributed by atoms with Gasteiger partial charge in [-0.25, -0.2) is 10.8 Å². The van der Waals surface area contributed by atoms with Crippen LogP contribution in [0.15, 0.2) is 4.99 Å². The van der Waals surface area contributed by atoms with Crippen LogP contribution in [0.5, 0.6) is 0 Å². The third-order valence-corrected chi connectivity index (χ3v) is 2.83. The van der Waals surface area contributed by atoms with Gasteiger partial charge in [0.2, 0.25) is 5.96 Å². The zero-order chi connectivity index (χ0) is 12.5. The monoisotopic (exact) mass is 242 g/mol. The quantitative estimate of drug-likeness (QED) is 0.222. The van der Waals surface area contributed by atoms with Gasteiger partial charge in [-0.1, -0.05) is 19.3 Å². The summed E-state index contributed by atoms with van der Waals surface area (Å²) in [6, 6.07) is 0.323. The lowest BCUT2D eigenvalue weighted by molar-refractivity contribution is 0.0334. The molecule has 1 rings (SSSR count). The summed E-state index contributed by atoms with van der Waals surface area (Å²) in [6.45, 7) is 5.42. The second-order valence-corrected chi connectivity index (χ2v) is 4.80. The molecule has 0 aromatic heterocycles. The molecule has 0 amide bonds. The highest BCUT2D eigenvalue weighted by molar-refractivity contribution is 5.79. The van der Waals surface area contributed by atoms with Gasteiger partial charge >= 0.3 is 0 Å². The Morgan fingerprint density at radius 1 is 1.35 bits per heavy atom. The summed E-state index contributed by atoms with van der Waals surface area (Å²) < 4.78 is 5.78. The summed E-state index contributed by atoms with van der Waals surface area (Å²) in [5, 5.41) is 3.13. The van der Waals surface area contributed by atoms with E-state index >= 15 is 0 Å². The van der Waals surface area contributed by atoms with Crippen LogP contribution in [0.1, 0.15) is 46.0 Å². The number of nitrogens with one attached hydrogen (secondary N) is 2. The molecule has 100 valence electrons. The molecule has 17 heavy (non-hydrogen) atoms. The van der Waals surface area contributed by atoms with Crippen LogP contribution in [-0.2, 0) is 4.74 Å². The normalized spacial score (nSPS) is 18.5. The summed E-state index contributed by atoms with van der Waals surface area (Å²) in [4.78, 5) is 4.31. The van der Waals surface area contributed by atoms with Crippen molar-refractivity contribution in [3.8, 4) is 0 Å². The van der Waals surface area contributed by atoms with Crippen LogP contribution in [0, 0.1) is 0 Å². The predicted octanol–water partition coefficient (Wildman–Crippen LogP) is 1.15. The van der Waals surface area contributed by atoms with Crippen LogP contribution in [0.4, 0.5) is 0 Å². The third kappa shape index (κ3) is 6.48. The molecule has 1 aliphatic carbocycles.